The zero-order valence-electron chi connectivity index (χ0n) is 15.2. The number of ether oxygens (including phenoxy) is 2. The van der Waals surface area contributed by atoms with Crippen LogP contribution in [0.5, 0.6) is 17.2 Å². The van der Waals surface area contributed by atoms with E-state index in [0.717, 1.165) is 0 Å². The molecule has 2 heterocycles. The van der Waals surface area contributed by atoms with E-state index in [0.29, 0.717) is 33.6 Å². The minimum absolute atomic E-state index is 0.00288. The number of hydrogen-bond acceptors (Lipinski definition) is 8. The number of fused-ring (bicyclic) bond motifs is 2. The zero-order chi connectivity index (χ0) is 20.4. The highest BCUT2D eigenvalue weighted by Crippen LogP contribution is 2.36. The fourth-order valence-corrected chi connectivity index (χ4v) is 3.24. The molecule has 8 nitrogen and oxygen atoms in total. The largest absolute Gasteiger partial charge is 0.507 e. The van der Waals surface area contributed by atoms with Gasteiger partial charge in [-0.05, 0) is 35.9 Å². The van der Waals surface area contributed by atoms with E-state index in [1.54, 1.807) is 35.2 Å². The molecule has 1 aliphatic rings. The average Bonchev–Trinajstić information content (AvgIpc) is 3.18. The average molecular weight is 389 g/mol. The molecule has 0 radical (unpaired) electrons. The second-order valence-electron chi connectivity index (χ2n) is 6.46. The predicted octanol–water partition coefficient (Wildman–Crippen LogP) is 2.74. The maximum absolute atomic E-state index is 12.7. The van der Waals surface area contributed by atoms with Gasteiger partial charge in [-0.25, -0.2) is 4.79 Å². The van der Waals surface area contributed by atoms with Crippen molar-refractivity contribution in [3.05, 3.63) is 52.4 Å². The minimum atomic E-state index is -0.574. The molecule has 2 aromatic carbocycles. The summed E-state index contributed by atoms with van der Waals surface area (Å²) in [5.41, 5.74) is 0.964. The summed E-state index contributed by atoms with van der Waals surface area (Å²) in [6.45, 7) is 0.234. The van der Waals surface area contributed by atoms with Gasteiger partial charge in [0.2, 0.25) is 6.79 Å². The van der Waals surface area contributed by atoms with Gasteiger partial charge in [-0.1, -0.05) is 6.07 Å². The van der Waals surface area contributed by atoms with Crippen LogP contribution in [0.1, 0.15) is 5.56 Å². The van der Waals surface area contributed by atoms with E-state index in [-0.39, 0.29) is 37.8 Å². The lowest BCUT2D eigenvalue weighted by Gasteiger charge is -2.17. The summed E-state index contributed by atoms with van der Waals surface area (Å²) in [6.07, 6.45) is 0. The lowest BCUT2D eigenvalue weighted by Crippen LogP contribution is -2.24. The summed E-state index contributed by atoms with van der Waals surface area (Å²) in [6, 6.07) is 14.0. The number of hydrogen-bond donors (Lipinski definition) is 1. The fraction of sp³-hybridized carbons (Fsp3) is 0.190. The molecule has 0 spiro atoms. The van der Waals surface area contributed by atoms with Crippen molar-refractivity contribution >= 4 is 11.0 Å². The number of aromatic hydroxyl groups is 1. The Bertz CT molecular complexity index is 1220. The first-order valence-electron chi connectivity index (χ1n) is 8.75. The number of phenolic OH excluding ortho intramolecular Hbond substituents is 1. The van der Waals surface area contributed by atoms with E-state index >= 15 is 0 Å². The minimum Gasteiger partial charge on any atom is -0.507 e. The van der Waals surface area contributed by atoms with Gasteiger partial charge in [0.15, 0.2) is 11.5 Å². The van der Waals surface area contributed by atoms with Crippen LogP contribution in [0.3, 0.4) is 0 Å². The van der Waals surface area contributed by atoms with Crippen LogP contribution in [-0.4, -0.2) is 29.9 Å². The first-order chi connectivity index (χ1) is 14.1. The number of phenols is 1. The van der Waals surface area contributed by atoms with E-state index in [4.69, 9.17) is 24.4 Å². The summed E-state index contributed by atoms with van der Waals surface area (Å²) in [4.78, 5) is 14.2. The van der Waals surface area contributed by atoms with Gasteiger partial charge in [-0.2, -0.15) is 10.5 Å². The molecule has 0 amide bonds. The molecule has 1 aromatic heterocycles. The quantitative estimate of drug-likeness (QED) is 0.522. The zero-order valence-corrected chi connectivity index (χ0v) is 15.2. The van der Waals surface area contributed by atoms with Crippen LogP contribution in [-0.2, 0) is 6.54 Å². The maximum atomic E-state index is 12.7. The van der Waals surface area contributed by atoms with Crippen molar-refractivity contribution in [1.82, 2.24) is 4.90 Å². The van der Waals surface area contributed by atoms with Crippen molar-refractivity contribution in [2.75, 3.05) is 19.9 Å². The fourth-order valence-electron chi connectivity index (χ4n) is 3.24. The molecule has 0 unspecified atom stereocenters. The third-order valence-corrected chi connectivity index (χ3v) is 4.63. The Morgan fingerprint density at radius 3 is 2.55 bits per heavy atom. The van der Waals surface area contributed by atoms with Crippen LogP contribution in [0.2, 0.25) is 0 Å². The highest BCUT2D eigenvalue weighted by atomic mass is 16.7. The molecule has 1 aliphatic heterocycles. The molecule has 3 aromatic rings. The summed E-state index contributed by atoms with van der Waals surface area (Å²) in [7, 11) is 0. The summed E-state index contributed by atoms with van der Waals surface area (Å²) in [5.74, 6) is 1.09. The molecule has 29 heavy (non-hydrogen) atoms. The number of nitriles is 2. The first-order valence-corrected chi connectivity index (χ1v) is 8.75. The number of benzene rings is 2. The van der Waals surface area contributed by atoms with Gasteiger partial charge >= 0.3 is 5.63 Å². The number of nitrogens with zero attached hydrogens (tertiary/aromatic N) is 3. The van der Waals surface area contributed by atoms with E-state index < -0.39 is 5.63 Å². The molecule has 0 saturated heterocycles. The third-order valence-electron chi connectivity index (χ3n) is 4.63. The highest BCUT2D eigenvalue weighted by Gasteiger charge is 2.19. The smallest absolute Gasteiger partial charge is 0.344 e. The predicted molar refractivity (Wildman–Crippen MR) is 102 cm³/mol. The molecule has 0 fully saturated rings. The van der Waals surface area contributed by atoms with E-state index in [9.17, 15) is 9.90 Å². The Morgan fingerprint density at radius 1 is 1.03 bits per heavy atom. The molecule has 144 valence electrons. The van der Waals surface area contributed by atoms with Gasteiger partial charge in [-0.3, -0.25) is 4.90 Å². The van der Waals surface area contributed by atoms with Crippen molar-refractivity contribution in [2.24, 2.45) is 0 Å². The molecule has 0 saturated carbocycles. The first kappa shape index (κ1) is 18.4. The van der Waals surface area contributed by atoms with Crippen LogP contribution in [0.15, 0.2) is 45.6 Å². The Kier molecular flexibility index (Phi) is 4.78. The molecule has 4 rings (SSSR count). The van der Waals surface area contributed by atoms with Crippen molar-refractivity contribution < 1.29 is 19.0 Å². The lowest BCUT2D eigenvalue weighted by atomic mass is 10.0. The van der Waals surface area contributed by atoms with Gasteiger partial charge in [0.25, 0.3) is 0 Å². The van der Waals surface area contributed by atoms with Crippen LogP contribution in [0.4, 0.5) is 0 Å². The standard InChI is InChI=1S/C21H15N3O5/c22-5-7-24(8-6-23)11-16-17(25)3-1-14-9-15(21(26)29-20(14)16)13-2-4-18-19(10-13)28-12-27-18/h1-4,9-10,25H,7-8,11-12H2. The van der Waals surface area contributed by atoms with Gasteiger partial charge in [-0.15, -0.1) is 0 Å². The summed E-state index contributed by atoms with van der Waals surface area (Å²) >= 11 is 0. The van der Waals surface area contributed by atoms with E-state index in [2.05, 4.69) is 0 Å². The van der Waals surface area contributed by atoms with Gasteiger partial charge in [0, 0.05) is 11.9 Å². The van der Waals surface area contributed by atoms with Gasteiger partial charge in [0.05, 0.1) is 36.4 Å². The Hall–Kier alpha value is -4.01. The van der Waals surface area contributed by atoms with Crippen molar-refractivity contribution in [2.45, 2.75) is 6.54 Å². The molecule has 1 N–H and O–H groups in total. The number of rotatable bonds is 5. The Balaban J connectivity index is 1.80. The molecule has 8 heteroatoms. The van der Waals surface area contributed by atoms with Crippen LogP contribution in [0.25, 0.3) is 22.1 Å². The molecular formula is C21H15N3O5. The summed E-state index contributed by atoms with van der Waals surface area (Å²) in [5, 5.41) is 28.8. The molecular weight excluding hydrogens is 374 g/mol. The van der Waals surface area contributed by atoms with E-state index in [1.165, 1.54) is 6.07 Å². The van der Waals surface area contributed by atoms with E-state index in [1.807, 2.05) is 12.1 Å². The van der Waals surface area contributed by atoms with Gasteiger partial charge < -0.3 is 19.0 Å². The van der Waals surface area contributed by atoms with Crippen LogP contribution >= 0.6 is 0 Å². The van der Waals surface area contributed by atoms with Crippen molar-refractivity contribution in [3.63, 3.8) is 0 Å². The summed E-state index contributed by atoms with van der Waals surface area (Å²) < 4.78 is 16.2. The molecule has 0 aliphatic carbocycles. The normalized spacial score (nSPS) is 12.1. The second kappa shape index (κ2) is 7.55. The Morgan fingerprint density at radius 2 is 1.79 bits per heavy atom. The SMILES string of the molecule is N#CCN(CC#N)Cc1c(O)ccc2cc(-c3ccc4c(c3)OCO4)c(=O)oc12. The van der Waals surface area contributed by atoms with Gasteiger partial charge in [0.1, 0.15) is 11.3 Å². The highest BCUT2D eigenvalue weighted by molar-refractivity contribution is 5.86. The lowest BCUT2D eigenvalue weighted by molar-refractivity contribution is 0.174. The monoisotopic (exact) mass is 389 g/mol. The molecule has 0 bridgehead atoms. The second-order valence-corrected chi connectivity index (χ2v) is 6.46. The topological polar surface area (TPSA) is 120 Å². The van der Waals surface area contributed by atoms with Crippen molar-refractivity contribution in [3.8, 4) is 40.5 Å². The maximum Gasteiger partial charge on any atom is 0.344 e. The van der Waals surface area contributed by atoms with Crippen LogP contribution < -0.4 is 15.1 Å². The van der Waals surface area contributed by atoms with Crippen LogP contribution in [0, 0.1) is 22.7 Å². The third kappa shape index (κ3) is 3.45. The Labute approximate surface area is 165 Å². The molecule has 0 atom stereocenters. The van der Waals surface area contributed by atoms with Crippen molar-refractivity contribution in [1.29, 1.82) is 10.5 Å².